The minimum Gasteiger partial charge on any atom is -0.373 e. The van der Waals surface area contributed by atoms with E-state index in [4.69, 9.17) is 0 Å². The molecule has 5 heteroatoms. The maximum absolute atomic E-state index is 12.4. The SMILES string of the molecule is CNc1ccc(N(C)C(=O)C2CCN(C)CC2)cn1. The van der Waals surface area contributed by atoms with Crippen molar-refractivity contribution in [1.82, 2.24) is 9.88 Å². The molecule has 2 rings (SSSR count). The average molecular weight is 262 g/mol. The second kappa shape index (κ2) is 6.02. The number of aromatic nitrogens is 1. The lowest BCUT2D eigenvalue weighted by Crippen LogP contribution is -2.40. The maximum atomic E-state index is 12.4. The molecule has 0 unspecified atom stereocenters. The third kappa shape index (κ3) is 3.23. The van der Waals surface area contributed by atoms with Crippen molar-refractivity contribution in [1.29, 1.82) is 0 Å². The number of rotatable bonds is 3. The van der Waals surface area contributed by atoms with Crippen molar-refractivity contribution in [2.75, 3.05) is 44.4 Å². The van der Waals surface area contributed by atoms with Crippen LogP contribution in [0, 0.1) is 5.92 Å². The van der Waals surface area contributed by atoms with E-state index in [2.05, 4.69) is 22.2 Å². The topological polar surface area (TPSA) is 48.5 Å². The number of nitrogens with one attached hydrogen (secondary N) is 1. The summed E-state index contributed by atoms with van der Waals surface area (Å²) in [4.78, 5) is 20.7. The van der Waals surface area contributed by atoms with Crippen molar-refractivity contribution in [3.05, 3.63) is 18.3 Å². The minimum atomic E-state index is 0.144. The maximum Gasteiger partial charge on any atom is 0.229 e. The molecule has 1 N–H and O–H groups in total. The summed E-state index contributed by atoms with van der Waals surface area (Å²) in [5, 5.41) is 2.97. The zero-order valence-corrected chi connectivity index (χ0v) is 11.9. The summed E-state index contributed by atoms with van der Waals surface area (Å²) in [6.07, 6.45) is 3.63. The molecule has 2 heterocycles. The van der Waals surface area contributed by atoms with E-state index < -0.39 is 0 Å². The van der Waals surface area contributed by atoms with Crippen LogP contribution < -0.4 is 10.2 Å². The average Bonchev–Trinajstić information content (AvgIpc) is 2.46. The van der Waals surface area contributed by atoms with Gasteiger partial charge in [-0.3, -0.25) is 4.79 Å². The van der Waals surface area contributed by atoms with E-state index in [-0.39, 0.29) is 11.8 Å². The molecule has 1 aliphatic rings. The predicted octanol–water partition coefficient (Wildman–Crippen LogP) is 1.43. The highest BCUT2D eigenvalue weighted by atomic mass is 16.2. The van der Waals surface area contributed by atoms with Crippen molar-refractivity contribution in [2.24, 2.45) is 5.92 Å². The summed E-state index contributed by atoms with van der Waals surface area (Å²) >= 11 is 0. The first-order chi connectivity index (χ1) is 9.11. The Bertz CT molecular complexity index is 424. The van der Waals surface area contributed by atoms with Crippen LogP contribution in [0.25, 0.3) is 0 Å². The molecule has 1 saturated heterocycles. The number of pyridine rings is 1. The normalized spacial score (nSPS) is 17.2. The van der Waals surface area contributed by atoms with Gasteiger partial charge in [-0.25, -0.2) is 4.98 Å². The zero-order chi connectivity index (χ0) is 13.8. The summed E-state index contributed by atoms with van der Waals surface area (Å²) in [5.41, 5.74) is 0.850. The smallest absolute Gasteiger partial charge is 0.229 e. The van der Waals surface area contributed by atoms with Crippen LogP contribution in [0.1, 0.15) is 12.8 Å². The van der Waals surface area contributed by atoms with Gasteiger partial charge in [-0.2, -0.15) is 0 Å². The first-order valence-electron chi connectivity index (χ1n) is 6.71. The Morgan fingerprint density at radius 1 is 1.42 bits per heavy atom. The van der Waals surface area contributed by atoms with Gasteiger partial charge in [0, 0.05) is 20.0 Å². The fourth-order valence-electron chi connectivity index (χ4n) is 2.39. The van der Waals surface area contributed by atoms with Crippen LogP contribution in [0.3, 0.4) is 0 Å². The van der Waals surface area contributed by atoms with Gasteiger partial charge in [-0.15, -0.1) is 0 Å². The number of carbonyl (C=O) groups is 1. The van der Waals surface area contributed by atoms with Crippen molar-refractivity contribution in [3.63, 3.8) is 0 Å². The molecule has 0 saturated carbocycles. The van der Waals surface area contributed by atoms with E-state index in [1.807, 2.05) is 26.2 Å². The van der Waals surface area contributed by atoms with Crippen LogP contribution in [0.5, 0.6) is 0 Å². The van der Waals surface area contributed by atoms with E-state index in [0.717, 1.165) is 37.4 Å². The molecule has 0 spiro atoms. The lowest BCUT2D eigenvalue weighted by molar-refractivity contribution is -0.123. The molecule has 5 nitrogen and oxygen atoms in total. The number of carbonyl (C=O) groups excluding carboxylic acids is 1. The number of amides is 1. The monoisotopic (exact) mass is 262 g/mol. The predicted molar refractivity (Wildman–Crippen MR) is 77.4 cm³/mol. The largest absolute Gasteiger partial charge is 0.373 e. The van der Waals surface area contributed by atoms with Crippen molar-refractivity contribution < 1.29 is 4.79 Å². The fraction of sp³-hybridized carbons (Fsp3) is 0.571. The first kappa shape index (κ1) is 13.8. The number of piperidine rings is 1. The van der Waals surface area contributed by atoms with Gasteiger partial charge in [0.05, 0.1) is 11.9 Å². The van der Waals surface area contributed by atoms with E-state index in [1.54, 1.807) is 11.1 Å². The molecular weight excluding hydrogens is 240 g/mol. The van der Waals surface area contributed by atoms with Gasteiger partial charge in [-0.05, 0) is 45.1 Å². The lowest BCUT2D eigenvalue weighted by Gasteiger charge is -2.30. The Morgan fingerprint density at radius 2 is 2.11 bits per heavy atom. The molecule has 104 valence electrons. The standard InChI is InChI=1S/C14H22N4O/c1-15-13-5-4-12(10-16-13)18(3)14(19)11-6-8-17(2)9-7-11/h4-5,10-11H,6-9H2,1-3H3,(H,15,16). The van der Waals surface area contributed by atoms with E-state index in [1.165, 1.54) is 0 Å². The minimum absolute atomic E-state index is 0.144. The zero-order valence-electron chi connectivity index (χ0n) is 11.9. The molecule has 1 aromatic rings. The number of hydrogen-bond donors (Lipinski definition) is 1. The first-order valence-corrected chi connectivity index (χ1v) is 6.71. The van der Waals surface area contributed by atoms with Gasteiger partial charge in [0.2, 0.25) is 5.91 Å². The van der Waals surface area contributed by atoms with Crippen LogP contribution >= 0.6 is 0 Å². The molecule has 0 radical (unpaired) electrons. The summed E-state index contributed by atoms with van der Waals surface area (Å²) in [7, 11) is 5.76. The van der Waals surface area contributed by atoms with Gasteiger partial charge in [0.15, 0.2) is 0 Å². The summed E-state index contributed by atoms with van der Waals surface area (Å²) in [5.74, 6) is 1.15. The van der Waals surface area contributed by atoms with E-state index in [0.29, 0.717) is 0 Å². The van der Waals surface area contributed by atoms with Crippen LogP contribution in [0.2, 0.25) is 0 Å². The highest BCUT2D eigenvalue weighted by molar-refractivity contribution is 5.94. The van der Waals surface area contributed by atoms with Gasteiger partial charge >= 0.3 is 0 Å². The molecule has 1 aromatic heterocycles. The Labute approximate surface area is 114 Å². The molecule has 0 atom stereocenters. The third-order valence-corrected chi connectivity index (χ3v) is 3.79. The van der Waals surface area contributed by atoms with Gasteiger partial charge in [-0.1, -0.05) is 0 Å². The molecular formula is C14H22N4O. The van der Waals surface area contributed by atoms with Crippen LogP contribution in [-0.2, 0) is 4.79 Å². The van der Waals surface area contributed by atoms with Crippen LogP contribution in [0.15, 0.2) is 18.3 Å². The van der Waals surface area contributed by atoms with Crippen LogP contribution in [-0.4, -0.2) is 50.0 Å². The Morgan fingerprint density at radius 3 is 2.63 bits per heavy atom. The summed E-state index contributed by atoms with van der Waals surface area (Å²) in [6, 6.07) is 3.81. The number of anilines is 2. The van der Waals surface area contributed by atoms with Crippen molar-refractivity contribution >= 4 is 17.4 Å². The number of likely N-dealkylation sites (tertiary alicyclic amines) is 1. The highest BCUT2D eigenvalue weighted by Crippen LogP contribution is 2.22. The third-order valence-electron chi connectivity index (χ3n) is 3.79. The molecule has 1 aliphatic heterocycles. The number of hydrogen-bond acceptors (Lipinski definition) is 4. The molecule has 0 aromatic carbocycles. The fourth-order valence-corrected chi connectivity index (χ4v) is 2.39. The second-order valence-electron chi connectivity index (χ2n) is 5.13. The lowest BCUT2D eigenvalue weighted by atomic mass is 9.95. The van der Waals surface area contributed by atoms with E-state index >= 15 is 0 Å². The molecule has 0 bridgehead atoms. The highest BCUT2D eigenvalue weighted by Gasteiger charge is 2.26. The molecule has 1 amide bonds. The quantitative estimate of drug-likeness (QED) is 0.895. The van der Waals surface area contributed by atoms with Crippen molar-refractivity contribution in [3.8, 4) is 0 Å². The molecule has 19 heavy (non-hydrogen) atoms. The Balaban J connectivity index is 2.01. The summed E-state index contributed by atoms with van der Waals surface area (Å²) in [6.45, 7) is 2.00. The van der Waals surface area contributed by atoms with E-state index in [9.17, 15) is 4.79 Å². The number of nitrogens with zero attached hydrogens (tertiary/aromatic N) is 3. The second-order valence-corrected chi connectivity index (χ2v) is 5.13. The summed E-state index contributed by atoms with van der Waals surface area (Å²) < 4.78 is 0. The Kier molecular flexibility index (Phi) is 4.37. The van der Waals surface area contributed by atoms with Gasteiger partial charge < -0.3 is 15.1 Å². The van der Waals surface area contributed by atoms with Gasteiger partial charge in [0.1, 0.15) is 5.82 Å². The van der Waals surface area contributed by atoms with Gasteiger partial charge in [0.25, 0.3) is 0 Å². The molecule has 1 fully saturated rings. The van der Waals surface area contributed by atoms with Crippen molar-refractivity contribution in [2.45, 2.75) is 12.8 Å². The Hall–Kier alpha value is -1.62. The van der Waals surface area contributed by atoms with Crippen LogP contribution in [0.4, 0.5) is 11.5 Å². The molecule has 0 aliphatic carbocycles.